The molecule has 2 aromatic carbocycles. The molecule has 0 spiro atoms. The molecule has 0 aliphatic heterocycles. The van der Waals surface area contributed by atoms with Crippen LogP contribution < -0.4 is 10.6 Å². The van der Waals surface area contributed by atoms with Crippen molar-refractivity contribution in [2.75, 3.05) is 6.61 Å². The number of carbonyl (C=O) groups excluding carboxylic acids is 2. The summed E-state index contributed by atoms with van der Waals surface area (Å²) >= 11 is 0. The van der Waals surface area contributed by atoms with E-state index in [4.69, 9.17) is 9.84 Å². The first kappa shape index (κ1) is 23.8. The van der Waals surface area contributed by atoms with Gasteiger partial charge in [0.15, 0.2) is 0 Å². The molecule has 1 fully saturated rings. The van der Waals surface area contributed by atoms with E-state index < -0.39 is 28.9 Å². The Morgan fingerprint density at radius 1 is 0.941 bits per heavy atom. The zero-order valence-electron chi connectivity index (χ0n) is 20.1. The minimum atomic E-state index is -0.951. The van der Waals surface area contributed by atoms with E-state index in [-0.39, 0.29) is 24.5 Å². The van der Waals surface area contributed by atoms with E-state index in [0.717, 1.165) is 22.3 Å². The Bertz CT molecular complexity index is 1070. The zero-order valence-corrected chi connectivity index (χ0v) is 20.1. The largest absolute Gasteiger partial charge is 0.481 e. The Balaban J connectivity index is 1.37. The lowest BCUT2D eigenvalue weighted by atomic mass is 9.72. The fourth-order valence-electron chi connectivity index (χ4n) is 4.63. The van der Waals surface area contributed by atoms with Crippen LogP contribution in [0.5, 0.6) is 0 Å². The minimum absolute atomic E-state index is 0.0432. The maximum Gasteiger partial charge on any atom is 0.407 e. The van der Waals surface area contributed by atoms with E-state index in [1.807, 2.05) is 24.3 Å². The summed E-state index contributed by atoms with van der Waals surface area (Å²) in [6.45, 7) is 7.30. The molecule has 2 aliphatic carbocycles. The number of rotatable bonds is 7. The summed E-state index contributed by atoms with van der Waals surface area (Å²) in [7, 11) is 0. The monoisotopic (exact) mass is 464 g/mol. The Morgan fingerprint density at radius 2 is 1.47 bits per heavy atom. The van der Waals surface area contributed by atoms with Gasteiger partial charge in [-0.3, -0.25) is 9.59 Å². The third-order valence-electron chi connectivity index (χ3n) is 7.71. The van der Waals surface area contributed by atoms with Crippen LogP contribution >= 0.6 is 0 Å². The molecule has 0 aromatic heterocycles. The SMILES string of the molecule is CC(C)(NC(=O)OCC1c2ccccc2-c2ccccc21)C(C)(C)C(=O)NC1CC(C(=O)O)C1. The number of nitrogens with one attached hydrogen (secondary N) is 2. The molecule has 7 heteroatoms. The summed E-state index contributed by atoms with van der Waals surface area (Å²) < 4.78 is 5.66. The molecule has 1 saturated carbocycles. The molecule has 0 atom stereocenters. The highest BCUT2D eigenvalue weighted by atomic mass is 16.5. The van der Waals surface area contributed by atoms with Crippen LogP contribution in [0.1, 0.15) is 57.6 Å². The Hall–Kier alpha value is -3.35. The predicted octanol–water partition coefficient (Wildman–Crippen LogP) is 4.31. The molecular weight excluding hydrogens is 432 g/mol. The molecule has 34 heavy (non-hydrogen) atoms. The first-order valence-electron chi connectivity index (χ1n) is 11.7. The van der Waals surface area contributed by atoms with Crippen molar-refractivity contribution in [3.8, 4) is 11.1 Å². The molecule has 2 aromatic rings. The molecule has 0 bridgehead atoms. The Morgan fingerprint density at radius 3 is 2.00 bits per heavy atom. The Kier molecular flexibility index (Phi) is 6.14. The fourth-order valence-corrected chi connectivity index (χ4v) is 4.63. The fraction of sp³-hybridized carbons (Fsp3) is 0.444. The molecule has 0 heterocycles. The lowest BCUT2D eigenvalue weighted by Crippen LogP contribution is -2.61. The lowest BCUT2D eigenvalue weighted by molar-refractivity contribution is -0.147. The van der Waals surface area contributed by atoms with E-state index in [1.165, 1.54) is 0 Å². The molecule has 180 valence electrons. The molecule has 4 rings (SSSR count). The normalized spacial score (nSPS) is 19.4. The lowest BCUT2D eigenvalue weighted by Gasteiger charge is -2.43. The number of alkyl carbamates (subject to hydrolysis) is 1. The number of ether oxygens (including phenoxy) is 1. The minimum Gasteiger partial charge on any atom is -0.481 e. The second-order valence-corrected chi connectivity index (χ2v) is 10.4. The standard InChI is InChI=1S/C27H32N2O5/c1-26(2,24(32)28-17-13-16(14-17)23(30)31)27(3,4)29-25(33)34-15-22-20-11-7-5-9-18(20)19-10-6-8-12-21(19)22/h5-12,16-17,22H,13-15H2,1-4H3,(H,28,32)(H,29,33)(H,30,31). The maximum atomic E-state index is 13.0. The number of amides is 2. The number of carboxylic acids is 1. The van der Waals surface area contributed by atoms with Crippen molar-refractivity contribution in [1.29, 1.82) is 0 Å². The van der Waals surface area contributed by atoms with Gasteiger partial charge in [-0.15, -0.1) is 0 Å². The van der Waals surface area contributed by atoms with Gasteiger partial charge < -0.3 is 20.5 Å². The highest BCUT2D eigenvalue weighted by Crippen LogP contribution is 2.44. The third kappa shape index (κ3) is 4.27. The molecule has 0 unspecified atom stereocenters. The van der Waals surface area contributed by atoms with Gasteiger partial charge in [0, 0.05) is 12.0 Å². The summed E-state index contributed by atoms with van der Waals surface area (Å²) in [6.07, 6.45) is 0.275. The van der Waals surface area contributed by atoms with Gasteiger partial charge in [0.05, 0.1) is 16.9 Å². The van der Waals surface area contributed by atoms with Crippen molar-refractivity contribution in [2.45, 2.75) is 58.0 Å². The molecule has 0 radical (unpaired) electrons. The van der Waals surface area contributed by atoms with Gasteiger partial charge in [0.1, 0.15) is 6.61 Å². The zero-order chi connectivity index (χ0) is 24.7. The first-order chi connectivity index (χ1) is 16.0. The van der Waals surface area contributed by atoms with E-state index in [1.54, 1.807) is 27.7 Å². The van der Waals surface area contributed by atoms with Crippen molar-refractivity contribution in [1.82, 2.24) is 10.6 Å². The summed E-state index contributed by atoms with van der Waals surface area (Å²) in [5, 5.41) is 14.8. The number of aliphatic carboxylic acids is 1. The smallest absolute Gasteiger partial charge is 0.407 e. The van der Waals surface area contributed by atoms with Crippen molar-refractivity contribution in [2.24, 2.45) is 11.3 Å². The summed E-state index contributed by atoms with van der Waals surface area (Å²) in [4.78, 5) is 36.8. The van der Waals surface area contributed by atoms with Gasteiger partial charge in [-0.1, -0.05) is 48.5 Å². The third-order valence-corrected chi connectivity index (χ3v) is 7.71. The maximum absolute atomic E-state index is 13.0. The first-order valence-corrected chi connectivity index (χ1v) is 11.7. The van der Waals surface area contributed by atoms with E-state index in [9.17, 15) is 14.4 Å². The van der Waals surface area contributed by atoms with Gasteiger partial charge in [-0.05, 0) is 62.8 Å². The number of fused-ring (bicyclic) bond motifs is 3. The van der Waals surface area contributed by atoms with Crippen molar-refractivity contribution < 1.29 is 24.2 Å². The van der Waals surface area contributed by atoms with E-state index in [0.29, 0.717) is 12.8 Å². The van der Waals surface area contributed by atoms with Gasteiger partial charge in [-0.2, -0.15) is 0 Å². The highest BCUT2D eigenvalue weighted by Gasteiger charge is 2.46. The molecule has 3 N–H and O–H groups in total. The van der Waals surface area contributed by atoms with Crippen molar-refractivity contribution >= 4 is 18.0 Å². The number of carboxylic acid groups (broad SMARTS) is 1. The second kappa shape index (κ2) is 8.78. The molecule has 7 nitrogen and oxygen atoms in total. The number of benzene rings is 2. The van der Waals surface area contributed by atoms with Gasteiger partial charge in [0.25, 0.3) is 0 Å². The van der Waals surface area contributed by atoms with Crippen molar-refractivity contribution in [3.63, 3.8) is 0 Å². The van der Waals surface area contributed by atoms with Crippen LogP contribution in [0.4, 0.5) is 4.79 Å². The average molecular weight is 465 g/mol. The van der Waals surface area contributed by atoms with Crippen LogP contribution in [-0.2, 0) is 14.3 Å². The number of carbonyl (C=O) groups is 3. The molecule has 2 aliphatic rings. The predicted molar refractivity (Wildman–Crippen MR) is 128 cm³/mol. The summed E-state index contributed by atoms with van der Waals surface area (Å²) in [5.74, 6) is -1.51. The molecular formula is C27H32N2O5. The summed E-state index contributed by atoms with van der Waals surface area (Å²) in [6, 6.07) is 16.1. The van der Waals surface area contributed by atoms with Crippen LogP contribution in [0.25, 0.3) is 11.1 Å². The van der Waals surface area contributed by atoms with Gasteiger partial charge >= 0.3 is 12.1 Å². The molecule has 0 saturated heterocycles. The number of hydrogen-bond acceptors (Lipinski definition) is 4. The van der Waals surface area contributed by atoms with Crippen LogP contribution in [0.2, 0.25) is 0 Å². The van der Waals surface area contributed by atoms with Crippen molar-refractivity contribution in [3.05, 3.63) is 59.7 Å². The Labute approximate surface area is 199 Å². The highest BCUT2D eigenvalue weighted by molar-refractivity contribution is 5.85. The van der Waals surface area contributed by atoms with Crippen LogP contribution in [0.15, 0.2) is 48.5 Å². The number of hydrogen-bond donors (Lipinski definition) is 3. The van der Waals surface area contributed by atoms with E-state index in [2.05, 4.69) is 34.9 Å². The molecule has 2 amide bonds. The average Bonchev–Trinajstić information content (AvgIpc) is 3.07. The quantitative estimate of drug-likeness (QED) is 0.566. The van der Waals surface area contributed by atoms with Gasteiger partial charge in [-0.25, -0.2) is 4.79 Å². The topological polar surface area (TPSA) is 105 Å². The second-order valence-electron chi connectivity index (χ2n) is 10.4. The van der Waals surface area contributed by atoms with Crippen LogP contribution in [0.3, 0.4) is 0 Å². The van der Waals surface area contributed by atoms with Crippen LogP contribution in [0, 0.1) is 11.3 Å². The van der Waals surface area contributed by atoms with Gasteiger partial charge in [0.2, 0.25) is 5.91 Å². The van der Waals surface area contributed by atoms with E-state index >= 15 is 0 Å². The van der Waals surface area contributed by atoms with Crippen LogP contribution in [-0.4, -0.2) is 41.3 Å². The summed E-state index contributed by atoms with van der Waals surface area (Å²) in [5.41, 5.74) is 2.73.